The van der Waals surface area contributed by atoms with Gasteiger partial charge in [0.05, 0.1) is 0 Å². The quantitative estimate of drug-likeness (QED) is 0.182. The van der Waals surface area contributed by atoms with Crippen molar-refractivity contribution in [3.63, 3.8) is 0 Å². The lowest BCUT2D eigenvalue weighted by Gasteiger charge is -2.14. The molecule has 0 saturated carbocycles. The molecule has 0 aliphatic heterocycles. The van der Waals surface area contributed by atoms with Gasteiger partial charge in [-0.3, -0.25) is 4.98 Å². The molecule has 3 aromatic heterocycles. The summed E-state index contributed by atoms with van der Waals surface area (Å²) in [6.45, 7) is 0. The number of furan rings is 1. The van der Waals surface area contributed by atoms with Crippen LogP contribution in [0.15, 0.2) is 162 Å². The van der Waals surface area contributed by atoms with Crippen LogP contribution in [0, 0.1) is 0 Å². The van der Waals surface area contributed by atoms with E-state index in [1.54, 1.807) is 0 Å². The molecule has 0 fully saturated rings. The van der Waals surface area contributed by atoms with Crippen molar-refractivity contribution in [2.75, 3.05) is 0 Å². The Labute approximate surface area is 281 Å². The van der Waals surface area contributed by atoms with Crippen LogP contribution in [0.25, 0.3) is 99.5 Å². The number of hydrogen-bond acceptors (Lipinski definition) is 5. The highest BCUT2D eigenvalue weighted by Crippen LogP contribution is 2.40. The third kappa shape index (κ3) is 4.48. The van der Waals surface area contributed by atoms with Crippen molar-refractivity contribution in [2.24, 2.45) is 0 Å². The van der Waals surface area contributed by atoms with Gasteiger partial charge in [-0.2, -0.15) is 0 Å². The fourth-order valence-electron chi connectivity index (χ4n) is 7.13. The molecular formula is C44H26N4O. The molecule has 10 rings (SSSR count). The van der Waals surface area contributed by atoms with E-state index in [4.69, 9.17) is 19.4 Å². The van der Waals surface area contributed by atoms with Crippen LogP contribution in [0.3, 0.4) is 0 Å². The predicted octanol–water partition coefficient (Wildman–Crippen LogP) is 11.3. The maximum atomic E-state index is 6.23. The van der Waals surface area contributed by atoms with E-state index in [9.17, 15) is 0 Å². The second-order valence-electron chi connectivity index (χ2n) is 12.3. The molecule has 0 spiro atoms. The van der Waals surface area contributed by atoms with Gasteiger partial charge in [0, 0.05) is 45.2 Å². The molecule has 0 aliphatic rings. The van der Waals surface area contributed by atoms with E-state index >= 15 is 0 Å². The van der Waals surface area contributed by atoms with Crippen LogP contribution < -0.4 is 0 Å². The van der Waals surface area contributed by atoms with Gasteiger partial charge in [-0.15, -0.1) is 0 Å². The van der Waals surface area contributed by atoms with E-state index in [0.29, 0.717) is 17.5 Å². The molecule has 0 radical (unpaired) electrons. The molecule has 0 unspecified atom stereocenters. The largest absolute Gasteiger partial charge is 0.456 e. The van der Waals surface area contributed by atoms with Crippen LogP contribution in [0.5, 0.6) is 0 Å². The Morgan fingerprint density at radius 1 is 0.388 bits per heavy atom. The standard InChI is InChI=1S/C44H26N4O/c1-2-11-28(12-3-1)42-46-43(48-44(47-42)35-17-9-19-39-41(35)34-16-6-7-18-38(34)49-39)31-14-8-13-29(24-31)36-25-30-22-23-45-26-37(30)40-32-15-5-4-10-27(32)20-21-33(36)40/h1-26H. The first-order chi connectivity index (χ1) is 24.3. The highest BCUT2D eigenvalue weighted by Gasteiger charge is 2.18. The van der Waals surface area contributed by atoms with E-state index < -0.39 is 0 Å². The summed E-state index contributed by atoms with van der Waals surface area (Å²) in [5, 5.41) is 9.12. The number of aromatic nitrogens is 4. The minimum atomic E-state index is 0.599. The molecule has 0 aliphatic carbocycles. The third-order valence-electron chi connectivity index (χ3n) is 9.39. The molecule has 0 bridgehead atoms. The summed E-state index contributed by atoms with van der Waals surface area (Å²) in [6, 6.07) is 50.1. The smallest absolute Gasteiger partial charge is 0.164 e. The lowest BCUT2D eigenvalue weighted by Crippen LogP contribution is -2.00. The summed E-state index contributed by atoms with van der Waals surface area (Å²) in [5.41, 5.74) is 6.60. The monoisotopic (exact) mass is 626 g/mol. The summed E-state index contributed by atoms with van der Waals surface area (Å²) in [4.78, 5) is 19.8. The second kappa shape index (κ2) is 10.9. The molecule has 49 heavy (non-hydrogen) atoms. The normalized spacial score (nSPS) is 11.7. The first kappa shape index (κ1) is 27.4. The molecule has 0 atom stereocenters. The number of para-hydroxylation sites is 1. The van der Waals surface area contributed by atoms with Gasteiger partial charge < -0.3 is 4.42 Å². The van der Waals surface area contributed by atoms with Gasteiger partial charge >= 0.3 is 0 Å². The molecule has 0 amide bonds. The van der Waals surface area contributed by atoms with Crippen LogP contribution in [0.4, 0.5) is 0 Å². The van der Waals surface area contributed by atoms with Gasteiger partial charge in [0.25, 0.3) is 0 Å². The SMILES string of the molecule is c1ccc(-c2nc(-c3cccc(-c4cc5ccncc5c5c4ccc4ccccc45)c3)nc(-c3cccc4oc5ccccc5c34)n2)cc1. The fraction of sp³-hybridized carbons (Fsp3) is 0. The fourth-order valence-corrected chi connectivity index (χ4v) is 7.13. The Morgan fingerprint density at radius 2 is 1.10 bits per heavy atom. The van der Waals surface area contributed by atoms with E-state index in [-0.39, 0.29) is 0 Å². The van der Waals surface area contributed by atoms with Gasteiger partial charge in [0.1, 0.15) is 11.2 Å². The summed E-state index contributed by atoms with van der Waals surface area (Å²) < 4.78 is 6.23. The van der Waals surface area contributed by atoms with Crippen LogP contribution >= 0.6 is 0 Å². The molecular weight excluding hydrogens is 601 g/mol. The molecule has 5 heteroatoms. The average Bonchev–Trinajstić information content (AvgIpc) is 3.56. The van der Waals surface area contributed by atoms with Crippen molar-refractivity contribution in [1.29, 1.82) is 0 Å². The number of hydrogen-bond donors (Lipinski definition) is 0. The minimum absolute atomic E-state index is 0.599. The molecule has 7 aromatic carbocycles. The van der Waals surface area contributed by atoms with Crippen LogP contribution in [-0.4, -0.2) is 19.9 Å². The van der Waals surface area contributed by atoms with Crippen molar-refractivity contribution >= 4 is 54.3 Å². The number of rotatable bonds is 4. The Balaban J connectivity index is 1.21. The Bertz CT molecular complexity index is 2880. The highest BCUT2D eigenvalue weighted by atomic mass is 16.3. The van der Waals surface area contributed by atoms with E-state index in [1.807, 2.05) is 73.1 Å². The van der Waals surface area contributed by atoms with E-state index in [2.05, 4.69) is 89.9 Å². The van der Waals surface area contributed by atoms with Crippen molar-refractivity contribution in [3.05, 3.63) is 158 Å². The summed E-state index contributed by atoms with van der Waals surface area (Å²) in [6.07, 6.45) is 3.84. The molecule has 0 N–H and O–H groups in total. The highest BCUT2D eigenvalue weighted by molar-refractivity contribution is 6.23. The Hall–Kier alpha value is -6.72. The second-order valence-corrected chi connectivity index (χ2v) is 12.3. The molecule has 5 nitrogen and oxygen atoms in total. The van der Waals surface area contributed by atoms with Gasteiger partial charge in [-0.25, -0.2) is 15.0 Å². The minimum Gasteiger partial charge on any atom is -0.456 e. The Morgan fingerprint density at radius 3 is 2.02 bits per heavy atom. The number of pyridine rings is 1. The topological polar surface area (TPSA) is 64.7 Å². The number of nitrogens with zero attached hydrogens (tertiary/aromatic N) is 4. The molecule has 10 aromatic rings. The van der Waals surface area contributed by atoms with Crippen molar-refractivity contribution in [2.45, 2.75) is 0 Å². The van der Waals surface area contributed by atoms with Crippen LogP contribution in [0.2, 0.25) is 0 Å². The van der Waals surface area contributed by atoms with Gasteiger partial charge in [-0.05, 0) is 68.4 Å². The third-order valence-corrected chi connectivity index (χ3v) is 9.39. The maximum Gasteiger partial charge on any atom is 0.164 e. The van der Waals surface area contributed by atoms with Gasteiger partial charge in [-0.1, -0.05) is 115 Å². The molecule has 0 saturated heterocycles. The first-order valence-electron chi connectivity index (χ1n) is 16.3. The zero-order valence-electron chi connectivity index (χ0n) is 26.2. The van der Waals surface area contributed by atoms with Crippen molar-refractivity contribution in [3.8, 4) is 45.3 Å². The Kier molecular flexibility index (Phi) is 6.11. The van der Waals surface area contributed by atoms with Crippen molar-refractivity contribution in [1.82, 2.24) is 19.9 Å². The summed E-state index contributed by atoms with van der Waals surface area (Å²) in [7, 11) is 0. The molecule has 3 heterocycles. The number of benzene rings is 7. The zero-order valence-corrected chi connectivity index (χ0v) is 26.2. The van der Waals surface area contributed by atoms with Crippen LogP contribution in [-0.2, 0) is 0 Å². The maximum absolute atomic E-state index is 6.23. The average molecular weight is 627 g/mol. The van der Waals surface area contributed by atoms with E-state index in [0.717, 1.165) is 60.5 Å². The molecule has 228 valence electrons. The zero-order chi connectivity index (χ0) is 32.3. The van der Waals surface area contributed by atoms with Crippen molar-refractivity contribution < 1.29 is 4.42 Å². The lowest BCUT2D eigenvalue weighted by atomic mass is 9.90. The predicted molar refractivity (Wildman–Crippen MR) is 199 cm³/mol. The summed E-state index contributed by atoms with van der Waals surface area (Å²) >= 11 is 0. The van der Waals surface area contributed by atoms with E-state index in [1.165, 1.54) is 21.5 Å². The summed E-state index contributed by atoms with van der Waals surface area (Å²) in [5.74, 6) is 1.82. The van der Waals surface area contributed by atoms with Crippen LogP contribution in [0.1, 0.15) is 0 Å². The van der Waals surface area contributed by atoms with Gasteiger partial charge in [0.15, 0.2) is 17.5 Å². The van der Waals surface area contributed by atoms with Gasteiger partial charge in [0.2, 0.25) is 0 Å². The lowest BCUT2D eigenvalue weighted by molar-refractivity contribution is 0.669. The first-order valence-corrected chi connectivity index (χ1v) is 16.3. The number of fused-ring (bicyclic) bond motifs is 8.